The van der Waals surface area contributed by atoms with Gasteiger partial charge in [0.25, 0.3) is 0 Å². The summed E-state index contributed by atoms with van der Waals surface area (Å²) >= 11 is 5.43. The van der Waals surface area contributed by atoms with Crippen molar-refractivity contribution in [3.8, 4) is 22.8 Å². The Morgan fingerprint density at radius 2 is 1.91 bits per heavy atom. The monoisotopic (exact) mass is 311 g/mol. The van der Waals surface area contributed by atoms with Gasteiger partial charge in [-0.25, -0.2) is 0 Å². The number of rotatable bonds is 3. The van der Waals surface area contributed by atoms with Crippen LogP contribution < -0.4 is 4.74 Å². The van der Waals surface area contributed by atoms with Gasteiger partial charge in [-0.15, -0.1) is 0 Å². The lowest BCUT2D eigenvalue weighted by Crippen LogP contribution is -2.01. The molecule has 0 aliphatic rings. The standard InChI is InChI=1S/C17H17N3OS/c1-11-8-9-14(12(2)10-11)20-16(18-19-17(20)22)13-6-4-5-7-15(13)21-3/h4-10H,1-3H3,(H,19,22). The Morgan fingerprint density at radius 3 is 2.64 bits per heavy atom. The summed E-state index contributed by atoms with van der Waals surface area (Å²) in [5, 5.41) is 7.29. The number of hydrogen-bond donors (Lipinski definition) is 1. The number of nitrogens with one attached hydrogen (secondary N) is 1. The molecule has 0 amide bonds. The van der Waals surface area contributed by atoms with Crippen molar-refractivity contribution in [2.45, 2.75) is 13.8 Å². The molecule has 112 valence electrons. The van der Waals surface area contributed by atoms with E-state index in [0.29, 0.717) is 4.77 Å². The van der Waals surface area contributed by atoms with Crippen LogP contribution in [0.25, 0.3) is 17.1 Å². The number of aryl methyl sites for hydroxylation is 2. The average Bonchev–Trinajstić information content (AvgIpc) is 2.89. The van der Waals surface area contributed by atoms with E-state index in [1.165, 1.54) is 5.56 Å². The van der Waals surface area contributed by atoms with Crippen LogP contribution in [0.1, 0.15) is 11.1 Å². The highest BCUT2D eigenvalue weighted by Gasteiger charge is 2.15. The molecule has 1 N–H and O–H groups in total. The number of aromatic nitrogens is 3. The van der Waals surface area contributed by atoms with E-state index in [-0.39, 0.29) is 0 Å². The molecule has 0 aliphatic heterocycles. The largest absolute Gasteiger partial charge is 0.496 e. The zero-order valence-corrected chi connectivity index (χ0v) is 13.6. The first-order chi connectivity index (χ1) is 10.6. The maximum Gasteiger partial charge on any atom is 0.200 e. The minimum atomic E-state index is 0.563. The molecule has 5 heteroatoms. The van der Waals surface area contributed by atoms with Crippen LogP contribution in [0, 0.1) is 18.6 Å². The highest BCUT2D eigenvalue weighted by molar-refractivity contribution is 7.71. The molecule has 0 radical (unpaired) electrons. The summed E-state index contributed by atoms with van der Waals surface area (Å²) in [4.78, 5) is 0. The van der Waals surface area contributed by atoms with Crippen molar-refractivity contribution in [1.82, 2.24) is 14.8 Å². The molecule has 0 atom stereocenters. The molecular weight excluding hydrogens is 294 g/mol. The lowest BCUT2D eigenvalue weighted by Gasteiger charge is -2.12. The predicted octanol–water partition coefficient (Wildman–Crippen LogP) is 4.22. The van der Waals surface area contributed by atoms with E-state index in [2.05, 4.69) is 42.2 Å². The van der Waals surface area contributed by atoms with E-state index >= 15 is 0 Å². The Kier molecular flexibility index (Phi) is 3.81. The number of nitrogens with zero attached hydrogens (tertiary/aromatic N) is 2. The molecule has 0 saturated carbocycles. The van der Waals surface area contributed by atoms with Gasteiger partial charge >= 0.3 is 0 Å². The Bertz CT molecular complexity index is 880. The van der Waals surface area contributed by atoms with Crippen LogP contribution in [0.5, 0.6) is 5.75 Å². The summed E-state index contributed by atoms with van der Waals surface area (Å²) in [6.45, 7) is 4.15. The van der Waals surface area contributed by atoms with Gasteiger partial charge in [-0.1, -0.05) is 29.8 Å². The normalized spacial score (nSPS) is 10.7. The molecule has 1 aromatic heterocycles. The van der Waals surface area contributed by atoms with Gasteiger partial charge in [-0.3, -0.25) is 9.67 Å². The fraction of sp³-hybridized carbons (Fsp3) is 0.176. The van der Waals surface area contributed by atoms with Gasteiger partial charge in [0.15, 0.2) is 10.6 Å². The molecule has 0 aliphatic carbocycles. The van der Waals surface area contributed by atoms with Crippen LogP contribution in [0.15, 0.2) is 42.5 Å². The van der Waals surface area contributed by atoms with Gasteiger partial charge in [0.1, 0.15) is 5.75 Å². The summed E-state index contributed by atoms with van der Waals surface area (Å²) in [7, 11) is 1.65. The van der Waals surface area contributed by atoms with Gasteiger partial charge < -0.3 is 4.74 Å². The Hall–Kier alpha value is -2.40. The smallest absolute Gasteiger partial charge is 0.200 e. The van der Waals surface area contributed by atoms with E-state index in [4.69, 9.17) is 17.0 Å². The Morgan fingerprint density at radius 1 is 1.14 bits per heavy atom. The van der Waals surface area contributed by atoms with Crippen LogP contribution in [-0.2, 0) is 0 Å². The molecule has 0 saturated heterocycles. The zero-order chi connectivity index (χ0) is 15.7. The highest BCUT2D eigenvalue weighted by Crippen LogP contribution is 2.30. The molecule has 3 rings (SSSR count). The van der Waals surface area contributed by atoms with E-state index in [1.807, 2.05) is 28.8 Å². The van der Waals surface area contributed by atoms with Crippen molar-refractivity contribution in [3.05, 3.63) is 58.4 Å². The molecule has 0 spiro atoms. The van der Waals surface area contributed by atoms with Crippen molar-refractivity contribution in [1.29, 1.82) is 0 Å². The SMILES string of the molecule is COc1ccccc1-c1n[nH]c(=S)n1-c1ccc(C)cc1C. The second kappa shape index (κ2) is 5.77. The zero-order valence-electron chi connectivity index (χ0n) is 12.8. The van der Waals surface area contributed by atoms with Crippen molar-refractivity contribution in [3.63, 3.8) is 0 Å². The second-order valence-electron chi connectivity index (χ2n) is 5.18. The van der Waals surface area contributed by atoms with E-state index in [0.717, 1.165) is 28.4 Å². The topological polar surface area (TPSA) is 42.8 Å². The summed E-state index contributed by atoms with van der Waals surface area (Å²) < 4.78 is 7.96. The highest BCUT2D eigenvalue weighted by atomic mass is 32.1. The predicted molar refractivity (Wildman–Crippen MR) is 90.2 cm³/mol. The lowest BCUT2D eigenvalue weighted by atomic mass is 10.1. The first-order valence-electron chi connectivity index (χ1n) is 7.00. The Labute approximate surface area is 134 Å². The van der Waals surface area contributed by atoms with Crippen LogP contribution in [0.3, 0.4) is 0 Å². The van der Waals surface area contributed by atoms with Gasteiger partial charge in [0.05, 0.1) is 18.4 Å². The van der Waals surface area contributed by atoms with Crippen LogP contribution in [0.4, 0.5) is 0 Å². The third-order valence-corrected chi connectivity index (χ3v) is 3.89. The van der Waals surface area contributed by atoms with Gasteiger partial charge in [0.2, 0.25) is 0 Å². The number of hydrogen-bond acceptors (Lipinski definition) is 3. The number of para-hydroxylation sites is 1. The summed E-state index contributed by atoms with van der Waals surface area (Å²) in [6.07, 6.45) is 0. The molecule has 0 unspecified atom stereocenters. The van der Waals surface area contributed by atoms with E-state index in [9.17, 15) is 0 Å². The van der Waals surface area contributed by atoms with Gasteiger partial charge in [0, 0.05) is 0 Å². The first-order valence-corrected chi connectivity index (χ1v) is 7.41. The van der Waals surface area contributed by atoms with E-state index < -0.39 is 0 Å². The third-order valence-electron chi connectivity index (χ3n) is 3.61. The van der Waals surface area contributed by atoms with Crippen LogP contribution >= 0.6 is 12.2 Å². The van der Waals surface area contributed by atoms with Crippen molar-refractivity contribution < 1.29 is 4.74 Å². The van der Waals surface area contributed by atoms with Crippen LogP contribution in [0.2, 0.25) is 0 Å². The van der Waals surface area contributed by atoms with Crippen molar-refractivity contribution >= 4 is 12.2 Å². The molecular formula is C17H17N3OS. The van der Waals surface area contributed by atoms with Gasteiger partial charge in [-0.05, 0) is 49.8 Å². The van der Waals surface area contributed by atoms with E-state index in [1.54, 1.807) is 7.11 Å². The molecule has 3 aromatic rings. The molecule has 0 fully saturated rings. The van der Waals surface area contributed by atoms with Gasteiger partial charge in [-0.2, -0.15) is 5.10 Å². The first kappa shape index (κ1) is 14.5. The minimum absolute atomic E-state index is 0.563. The maximum atomic E-state index is 5.45. The molecule has 1 heterocycles. The number of ether oxygens (including phenoxy) is 1. The number of methoxy groups -OCH3 is 1. The summed E-state index contributed by atoms with van der Waals surface area (Å²) in [6, 6.07) is 14.1. The second-order valence-corrected chi connectivity index (χ2v) is 5.56. The molecule has 4 nitrogen and oxygen atoms in total. The Balaban J connectivity index is 2.27. The molecule has 0 bridgehead atoms. The fourth-order valence-electron chi connectivity index (χ4n) is 2.59. The van der Waals surface area contributed by atoms with Crippen molar-refractivity contribution in [2.75, 3.05) is 7.11 Å². The average molecular weight is 311 g/mol. The number of benzene rings is 2. The summed E-state index contributed by atoms with van der Waals surface area (Å²) in [5.41, 5.74) is 4.28. The maximum absolute atomic E-state index is 5.45. The molecule has 22 heavy (non-hydrogen) atoms. The van der Waals surface area contributed by atoms with Crippen LogP contribution in [-0.4, -0.2) is 21.9 Å². The third kappa shape index (κ3) is 2.44. The number of H-pyrrole nitrogens is 1. The molecule has 2 aromatic carbocycles. The van der Waals surface area contributed by atoms with Crippen molar-refractivity contribution in [2.24, 2.45) is 0 Å². The fourth-order valence-corrected chi connectivity index (χ4v) is 2.82. The quantitative estimate of drug-likeness (QED) is 0.736. The minimum Gasteiger partial charge on any atom is -0.496 e. The summed E-state index contributed by atoms with van der Waals surface area (Å²) in [5.74, 6) is 1.51. The lowest BCUT2D eigenvalue weighted by molar-refractivity contribution is 0.416. The number of aromatic amines is 1.